The molecule has 3 heteroatoms. The van der Waals surface area contributed by atoms with Crippen molar-refractivity contribution in [3.8, 4) is 5.75 Å². The van der Waals surface area contributed by atoms with Crippen LogP contribution < -0.4 is 0 Å². The fourth-order valence-corrected chi connectivity index (χ4v) is 1.26. The van der Waals surface area contributed by atoms with Gasteiger partial charge in [0.15, 0.2) is 0 Å². The lowest BCUT2D eigenvalue weighted by atomic mass is 9.99. The predicted molar refractivity (Wildman–Crippen MR) is 56.2 cm³/mol. The van der Waals surface area contributed by atoms with Gasteiger partial charge >= 0.3 is 0 Å². The van der Waals surface area contributed by atoms with Crippen molar-refractivity contribution in [3.05, 3.63) is 29.3 Å². The van der Waals surface area contributed by atoms with E-state index in [1.54, 1.807) is 13.0 Å². The van der Waals surface area contributed by atoms with Gasteiger partial charge in [-0.3, -0.25) is 0 Å². The van der Waals surface area contributed by atoms with Gasteiger partial charge in [-0.15, -0.1) is 0 Å². The van der Waals surface area contributed by atoms with Crippen LogP contribution in [0.5, 0.6) is 5.75 Å². The maximum absolute atomic E-state index is 9.53. The first-order valence-corrected chi connectivity index (χ1v) is 4.58. The third kappa shape index (κ3) is 2.05. The van der Waals surface area contributed by atoms with Gasteiger partial charge < -0.3 is 10.3 Å². The minimum absolute atomic E-state index is 0.143. The van der Waals surface area contributed by atoms with Crippen LogP contribution in [0.25, 0.3) is 0 Å². The second kappa shape index (κ2) is 4.13. The van der Waals surface area contributed by atoms with Crippen molar-refractivity contribution >= 4 is 5.71 Å². The Balaban J connectivity index is 3.22. The van der Waals surface area contributed by atoms with E-state index in [1.807, 2.05) is 12.1 Å². The summed E-state index contributed by atoms with van der Waals surface area (Å²) in [5.41, 5.74) is 2.12. The van der Waals surface area contributed by atoms with Gasteiger partial charge in [-0.1, -0.05) is 25.1 Å². The highest BCUT2D eigenvalue weighted by molar-refractivity contribution is 6.00. The predicted octanol–water partition coefficient (Wildman–Crippen LogP) is 2.71. The van der Waals surface area contributed by atoms with Crippen LogP contribution in [0.1, 0.15) is 37.8 Å². The molecule has 0 atom stereocenters. The molecule has 1 rings (SSSR count). The quantitative estimate of drug-likeness (QED) is 0.431. The highest BCUT2D eigenvalue weighted by atomic mass is 16.4. The average Bonchev–Trinajstić information content (AvgIpc) is 2.17. The third-order valence-electron chi connectivity index (χ3n) is 2.23. The van der Waals surface area contributed by atoms with E-state index in [0.717, 1.165) is 5.56 Å². The molecule has 2 N–H and O–H groups in total. The molecule has 1 aromatic rings. The molecule has 76 valence electrons. The lowest BCUT2D eigenvalue weighted by Crippen LogP contribution is -1.97. The van der Waals surface area contributed by atoms with Crippen molar-refractivity contribution in [2.45, 2.75) is 26.7 Å². The number of oxime groups is 1. The maximum atomic E-state index is 9.53. The van der Waals surface area contributed by atoms with E-state index in [0.29, 0.717) is 17.2 Å². The molecule has 0 aliphatic heterocycles. The van der Waals surface area contributed by atoms with Crippen molar-refractivity contribution in [2.75, 3.05) is 0 Å². The van der Waals surface area contributed by atoms with E-state index in [4.69, 9.17) is 5.21 Å². The van der Waals surface area contributed by atoms with E-state index in [9.17, 15) is 5.11 Å². The number of benzene rings is 1. The second-order valence-corrected chi connectivity index (χ2v) is 3.62. The molecule has 1 aromatic carbocycles. The van der Waals surface area contributed by atoms with E-state index >= 15 is 0 Å². The van der Waals surface area contributed by atoms with Crippen LogP contribution in [0.4, 0.5) is 0 Å². The minimum atomic E-state index is 0.143. The molecule has 0 fully saturated rings. The van der Waals surface area contributed by atoms with Gasteiger partial charge in [0.05, 0.1) is 5.71 Å². The van der Waals surface area contributed by atoms with Crippen LogP contribution in [0.15, 0.2) is 23.4 Å². The first-order chi connectivity index (χ1) is 6.56. The smallest absolute Gasteiger partial charge is 0.124 e. The number of rotatable bonds is 2. The van der Waals surface area contributed by atoms with Crippen molar-refractivity contribution < 1.29 is 10.3 Å². The molecular weight excluding hydrogens is 178 g/mol. The fourth-order valence-electron chi connectivity index (χ4n) is 1.26. The number of hydrogen-bond acceptors (Lipinski definition) is 3. The lowest BCUT2D eigenvalue weighted by molar-refractivity contribution is 0.318. The number of hydrogen-bond donors (Lipinski definition) is 2. The van der Waals surface area contributed by atoms with Gasteiger partial charge in [0.1, 0.15) is 5.75 Å². The number of phenols is 1. The van der Waals surface area contributed by atoms with Gasteiger partial charge in [0.2, 0.25) is 0 Å². The van der Waals surface area contributed by atoms with Gasteiger partial charge in [-0.25, -0.2) is 0 Å². The highest BCUT2D eigenvalue weighted by Gasteiger charge is 2.08. The van der Waals surface area contributed by atoms with E-state index in [2.05, 4.69) is 19.0 Å². The SMILES string of the molecule is C/C(=N\O)c1cc(C(C)C)ccc1O. The van der Waals surface area contributed by atoms with Crippen LogP contribution in [0.2, 0.25) is 0 Å². The summed E-state index contributed by atoms with van der Waals surface area (Å²) in [7, 11) is 0. The van der Waals surface area contributed by atoms with Crippen molar-refractivity contribution in [1.82, 2.24) is 0 Å². The molecular formula is C11H15NO2. The topological polar surface area (TPSA) is 52.8 Å². The zero-order valence-corrected chi connectivity index (χ0v) is 8.65. The van der Waals surface area contributed by atoms with Crippen LogP contribution in [-0.4, -0.2) is 16.0 Å². The zero-order valence-electron chi connectivity index (χ0n) is 8.65. The van der Waals surface area contributed by atoms with Crippen LogP contribution >= 0.6 is 0 Å². The van der Waals surface area contributed by atoms with E-state index in [-0.39, 0.29) is 5.75 Å². The van der Waals surface area contributed by atoms with Crippen LogP contribution in [0.3, 0.4) is 0 Å². The number of nitrogens with zero attached hydrogens (tertiary/aromatic N) is 1. The molecule has 0 saturated carbocycles. The molecule has 0 amide bonds. The molecule has 0 unspecified atom stereocenters. The first-order valence-electron chi connectivity index (χ1n) is 4.58. The normalized spacial score (nSPS) is 12.1. The van der Waals surface area contributed by atoms with Crippen molar-refractivity contribution in [1.29, 1.82) is 0 Å². The molecule has 0 spiro atoms. The standard InChI is InChI=1S/C11H15NO2/c1-7(2)9-4-5-11(13)10(6-9)8(3)12-14/h4-7,13-14H,1-3H3/b12-8+. The van der Waals surface area contributed by atoms with Crippen molar-refractivity contribution in [3.63, 3.8) is 0 Å². The fraction of sp³-hybridized carbons (Fsp3) is 0.364. The molecule has 0 saturated heterocycles. The number of phenolic OH excluding ortho intramolecular Hbond substituents is 1. The minimum Gasteiger partial charge on any atom is -0.507 e. The summed E-state index contributed by atoms with van der Waals surface area (Å²) in [6, 6.07) is 5.34. The Morgan fingerprint density at radius 2 is 2.00 bits per heavy atom. The Labute approximate surface area is 83.7 Å². The summed E-state index contributed by atoms with van der Waals surface area (Å²) >= 11 is 0. The molecule has 0 bridgehead atoms. The number of aromatic hydroxyl groups is 1. The average molecular weight is 193 g/mol. The monoisotopic (exact) mass is 193 g/mol. The summed E-state index contributed by atoms with van der Waals surface area (Å²) < 4.78 is 0. The highest BCUT2D eigenvalue weighted by Crippen LogP contribution is 2.23. The largest absolute Gasteiger partial charge is 0.507 e. The molecule has 0 heterocycles. The molecule has 0 radical (unpaired) electrons. The Bertz CT molecular complexity index is 356. The summed E-state index contributed by atoms with van der Waals surface area (Å²) in [5, 5.41) is 21.2. The Hall–Kier alpha value is -1.51. The zero-order chi connectivity index (χ0) is 10.7. The van der Waals surface area contributed by atoms with Crippen LogP contribution in [-0.2, 0) is 0 Å². The Morgan fingerprint density at radius 3 is 2.50 bits per heavy atom. The Kier molecular flexibility index (Phi) is 3.12. The molecule has 14 heavy (non-hydrogen) atoms. The Morgan fingerprint density at radius 1 is 1.36 bits per heavy atom. The van der Waals surface area contributed by atoms with Crippen LogP contribution in [0, 0.1) is 0 Å². The maximum Gasteiger partial charge on any atom is 0.124 e. The van der Waals surface area contributed by atoms with Gasteiger partial charge in [0.25, 0.3) is 0 Å². The van der Waals surface area contributed by atoms with Gasteiger partial charge in [-0.2, -0.15) is 0 Å². The summed E-state index contributed by atoms with van der Waals surface area (Å²) in [6.07, 6.45) is 0. The summed E-state index contributed by atoms with van der Waals surface area (Å²) in [6.45, 7) is 5.79. The van der Waals surface area contributed by atoms with Crippen molar-refractivity contribution in [2.24, 2.45) is 5.16 Å². The summed E-state index contributed by atoms with van der Waals surface area (Å²) in [5.74, 6) is 0.533. The van der Waals surface area contributed by atoms with Gasteiger partial charge in [0, 0.05) is 5.56 Å². The second-order valence-electron chi connectivity index (χ2n) is 3.62. The van der Waals surface area contributed by atoms with Gasteiger partial charge in [-0.05, 0) is 30.5 Å². The van der Waals surface area contributed by atoms with E-state index < -0.39 is 0 Å². The molecule has 0 aromatic heterocycles. The first kappa shape index (κ1) is 10.6. The third-order valence-corrected chi connectivity index (χ3v) is 2.23. The summed E-state index contributed by atoms with van der Waals surface area (Å²) in [4.78, 5) is 0. The van der Waals surface area contributed by atoms with E-state index in [1.165, 1.54) is 0 Å². The lowest BCUT2D eigenvalue weighted by Gasteiger charge is -2.09. The molecule has 0 aliphatic rings. The molecule has 0 aliphatic carbocycles. The molecule has 3 nitrogen and oxygen atoms in total.